The van der Waals surface area contributed by atoms with Crippen molar-refractivity contribution in [2.75, 3.05) is 39.0 Å². The van der Waals surface area contributed by atoms with Crippen LogP contribution in [0.3, 0.4) is 0 Å². The molecule has 1 spiro atoms. The highest BCUT2D eigenvalue weighted by atomic mass is 16.5. The average Bonchev–Trinajstić information content (AvgIpc) is 3.51. The summed E-state index contributed by atoms with van der Waals surface area (Å²) in [6, 6.07) is 2.00. The normalized spacial score (nSPS) is 25.6. The van der Waals surface area contributed by atoms with E-state index in [1.165, 1.54) is 51.6 Å². The van der Waals surface area contributed by atoms with Crippen LogP contribution in [0, 0.1) is 5.92 Å². The van der Waals surface area contributed by atoms with Crippen molar-refractivity contribution in [3.63, 3.8) is 0 Å². The van der Waals surface area contributed by atoms with Crippen LogP contribution in [0.5, 0.6) is 0 Å². The van der Waals surface area contributed by atoms with Crippen LogP contribution in [-0.2, 0) is 9.53 Å². The molecule has 3 N–H and O–H groups in total. The maximum atomic E-state index is 9.70. The topological polar surface area (TPSA) is 110 Å². The summed E-state index contributed by atoms with van der Waals surface area (Å²) in [6.07, 6.45) is 11.4. The fourth-order valence-electron chi connectivity index (χ4n) is 5.37. The van der Waals surface area contributed by atoms with Gasteiger partial charge in [0, 0.05) is 18.3 Å². The number of anilines is 1. The Morgan fingerprint density at radius 3 is 2.67 bits per heavy atom. The predicted octanol–water partition coefficient (Wildman–Crippen LogP) is 2.98. The van der Waals surface area contributed by atoms with Crippen LogP contribution in [0.15, 0.2) is 18.6 Å². The number of nitrogens with zero attached hydrogens (tertiary/aromatic N) is 5. The first-order valence-electron chi connectivity index (χ1n) is 12.2. The van der Waals surface area contributed by atoms with Gasteiger partial charge in [-0.3, -0.25) is 9.69 Å². The number of piperidine rings is 1. The van der Waals surface area contributed by atoms with E-state index in [-0.39, 0.29) is 12.1 Å². The van der Waals surface area contributed by atoms with Crippen LogP contribution in [0.1, 0.15) is 58.6 Å². The molecule has 33 heavy (non-hydrogen) atoms. The second kappa shape index (κ2) is 9.95. The number of rotatable bonds is 4. The number of nitrogen functional groups attached to an aromatic ring is 1. The lowest BCUT2D eigenvalue weighted by Crippen LogP contribution is -2.53. The van der Waals surface area contributed by atoms with Crippen LogP contribution in [-0.4, -0.2) is 80.3 Å². The molecule has 182 valence electrons. The molecule has 9 heteroatoms. The van der Waals surface area contributed by atoms with Crippen molar-refractivity contribution < 1.29 is 14.6 Å². The summed E-state index contributed by atoms with van der Waals surface area (Å²) in [4.78, 5) is 23.4. The summed E-state index contributed by atoms with van der Waals surface area (Å²) < 4.78 is 8.61. The smallest absolute Gasteiger partial charge is 0.305 e. The highest BCUT2D eigenvalue weighted by molar-refractivity contribution is 5.86. The molecule has 2 aromatic rings. The van der Waals surface area contributed by atoms with Crippen LogP contribution < -0.4 is 5.73 Å². The molecule has 0 bridgehead atoms. The van der Waals surface area contributed by atoms with Gasteiger partial charge in [0.25, 0.3) is 0 Å². The van der Waals surface area contributed by atoms with Crippen molar-refractivity contribution in [1.82, 2.24) is 24.3 Å². The van der Waals surface area contributed by atoms with Gasteiger partial charge in [-0.25, -0.2) is 9.97 Å². The number of carboxylic acid groups (broad SMARTS) is 1. The quantitative estimate of drug-likeness (QED) is 0.720. The molecule has 3 saturated heterocycles. The Hall–Kier alpha value is -2.23. The van der Waals surface area contributed by atoms with Crippen molar-refractivity contribution in [3.8, 4) is 0 Å². The number of aliphatic carboxylic acids is 1. The lowest BCUT2D eigenvalue weighted by atomic mass is 9.85. The molecule has 0 aromatic carbocycles. The number of carboxylic acids is 1. The van der Waals surface area contributed by atoms with Crippen LogP contribution in [0.25, 0.3) is 11.0 Å². The number of hydrogen-bond donors (Lipinski definition) is 2. The molecule has 2 unspecified atom stereocenters. The average molecular weight is 459 g/mol. The molecular formula is C24H38N6O3. The molecule has 2 atom stereocenters. The van der Waals surface area contributed by atoms with Gasteiger partial charge in [-0.05, 0) is 71.3 Å². The largest absolute Gasteiger partial charge is 0.481 e. The molecule has 0 radical (unpaired) electrons. The van der Waals surface area contributed by atoms with E-state index in [1.54, 1.807) is 13.8 Å². The molecule has 3 aliphatic heterocycles. The first-order valence-corrected chi connectivity index (χ1v) is 12.2. The number of carbonyl (C=O) groups is 1. The van der Waals surface area contributed by atoms with Gasteiger partial charge in [0.2, 0.25) is 0 Å². The highest BCUT2D eigenvalue weighted by Crippen LogP contribution is 2.40. The monoisotopic (exact) mass is 458 g/mol. The molecule has 3 fully saturated rings. The summed E-state index contributed by atoms with van der Waals surface area (Å²) in [6.45, 7) is 8.02. The fraction of sp³-hybridized carbons (Fsp3) is 0.708. The summed E-state index contributed by atoms with van der Waals surface area (Å²) in [5.74, 6) is -0.436. The molecule has 9 nitrogen and oxygen atoms in total. The number of ether oxygens (including phenoxy) is 1. The molecular weight excluding hydrogens is 420 g/mol. The molecule has 0 saturated carbocycles. The number of hydrogen-bond acceptors (Lipinski definition) is 7. The summed E-state index contributed by atoms with van der Waals surface area (Å²) in [5, 5.41) is 8.90. The lowest BCUT2D eigenvalue weighted by molar-refractivity contribution is -0.140. The zero-order valence-electron chi connectivity index (χ0n) is 20.1. The minimum Gasteiger partial charge on any atom is -0.481 e. The van der Waals surface area contributed by atoms with E-state index >= 15 is 0 Å². The van der Waals surface area contributed by atoms with Gasteiger partial charge in [-0.2, -0.15) is 0 Å². The maximum Gasteiger partial charge on any atom is 0.305 e. The van der Waals surface area contributed by atoms with E-state index in [4.69, 9.17) is 15.6 Å². The van der Waals surface area contributed by atoms with Gasteiger partial charge in [0.05, 0.1) is 17.4 Å². The Morgan fingerprint density at radius 1 is 1.24 bits per heavy atom. The van der Waals surface area contributed by atoms with Gasteiger partial charge in [0.15, 0.2) is 0 Å². The molecule has 5 rings (SSSR count). The second-order valence-electron chi connectivity index (χ2n) is 10.1. The molecule has 5 heterocycles. The Morgan fingerprint density at radius 2 is 1.97 bits per heavy atom. The second-order valence-corrected chi connectivity index (χ2v) is 10.1. The van der Waals surface area contributed by atoms with Crippen molar-refractivity contribution >= 4 is 22.8 Å². The number of fused-ring (bicyclic) bond motifs is 1. The van der Waals surface area contributed by atoms with Crippen molar-refractivity contribution in [2.45, 2.75) is 70.2 Å². The van der Waals surface area contributed by atoms with Crippen LogP contribution in [0.4, 0.5) is 5.82 Å². The SMILES string of the molecule is CC(C)C(=O)O.CN1CCC2(CCCN2CC2CCC(n3ccc4c(N)ncnc43)O2)CC1. The highest BCUT2D eigenvalue weighted by Gasteiger charge is 2.44. The van der Waals surface area contributed by atoms with Crippen LogP contribution in [0.2, 0.25) is 0 Å². The van der Waals surface area contributed by atoms with Gasteiger partial charge in [-0.1, -0.05) is 13.8 Å². The Balaban J connectivity index is 0.000000385. The predicted molar refractivity (Wildman–Crippen MR) is 128 cm³/mol. The third-order valence-corrected chi connectivity index (χ3v) is 7.51. The van der Waals surface area contributed by atoms with Crippen LogP contribution >= 0.6 is 0 Å². The Labute approximate surface area is 195 Å². The summed E-state index contributed by atoms with van der Waals surface area (Å²) >= 11 is 0. The van der Waals surface area contributed by atoms with Gasteiger partial charge in [0.1, 0.15) is 24.0 Å². The molecule has 3 aliphatic rings. The van der Waals surface area contributed by atoms with E-state index in [0.29, 0.717) is 17.5 Å². The maximum absolute atomic E-state index is 9.70. The first-order chi connectivity index (χ1) is 15.8. The van der Waals surface area contributed by atoms with E-state index in [2.05, 4.69) is 31.4 Å². The summed E-state index contributed by atoms with van der Waals surface area (Å²) in [5.41, 5.74) is 7.28. The van der Waals surface area contributed by atoms with E-state index in [0.717, 1.165) is 30.4 Å². The standard InChI is InChI=1S/C20H30N6O.C4H8O2/c1-24-11-7-20(8-12-24)6-2-9-25(20)13-15-3-4-17(27-15)26-10-5-16-18(21)22-14-23-19(16)26;1-3(2)4(5)6/h5,10,14-15,17H,2-4,6-9,11-13H2,1H3,(H2,21,22,23);3H,1-2H3,(H,5,6). The molecule has 0 aliphatic carbocycles. The Kier molecular flexibility index (Phi) is 7.21. The zero-order valence-corrected chi connectivity index (χ0v) is 20.1. The Bertz CT molecular complexity index is 953. The first kappa shape index (κ1) is 23.9. The van der Waals surface area contributed by atoms with E-state index < -0.39 is 5.97 Å². The molecule has 0 amide bonds. The van der Waals surface area contributed by atoms with Crippen molar-refractivity contribution in [1.29, 1.82) is 0 Å². The van der Waals surface area contributed by atoms with Gasteiger partial charge in [-0.15, -0.1) is 0 Å². The van der Waals surface area contributed by atoms with Crippen molar-refractivity contribution in [2.24, 2.45) is 5.92 Å². The number of likely N-dealkylation sites (tertiary alicyclic amines) is 2. The third kappa shape index (κ3) is 5.15. The minimum absolute atomic E-state index is 0.0536. The van der Waals surface area contributed by atoms with Gasteiger partial charge < -0.3 is 25.0 Å². The third-order valence-electron chi connectivity index (χ3n) is 7.51. The fourth-order valence-corrected chi connectivity index (χ4v) is 5.37. The van der Waals surface area contributed by atoms with E-state index in [1.807, 2.05) is 12.3 Å². The summed E-state index contributed by atoms with van der Waals surface area (Å²) in [7, 11) is 2.24. The van der Waals surface area contributed by atoms with Crippen molar-refractivity contribution in [3.05, 3.63) is 18.6 Å². The molecule has 2 aromatic heterocycles. The van der Waals surface area contributed by atoms with Gasteiger partial charge >= 0.3 is 5.97 Å². The number of aromatic nitrogens is 3. The zero-order chi connectivity index (χ0) is 23.6. The number of nitrogens with two attached hydrogens (primary N) is 1. The minimum atomic E-state index is -0.741. The lowest BCUT2D eigenvalue weighted by Gasteiger charge is -2.45. The van der Waals surface area contributed by atoms with E-state index in [9.17, 15) is 4.79 Å².